The minimum atomic E-state index is -0.475. The van der Waals surface area contributed by atoms with E-state index >= 15 is 0 Å². The van der Waals surface area contributed by atoms with E-state index in [9.17, 15) is 0 Å². The quantitative estimate of drug-likeness (QED) is 0.173. The zero-order valence-corrected chi connectivity index (χ0v) is 33.2. The van der Waals surface area contributed by atoms with Gasteiger partial charge in [0.15, 0.2) is 0 Å². The third kappa shape index (κ3) is 4.73. The third-order valence-corrected chi connectivity index (χ3v) is 13.3. The Morgan fingerprint density at radius 3 is 1.59 bits per heavy atom. The van der Waals surface area contributed by atoms with Crippen molar-refractivity contribution in [3.8, 4) is 44.5 Å². The van der Waals surface area contributed by atoms with Gasteiger partial charge in [0.05, 0.1) is 22.2 Å². The van der Waals surface area contributed by atoms with Crippen molar-refractivity contribution in [3.05, 3.63) is 247 Å². The van der Waals surface area contributed by atoms with E-state index in [2.05, 4.69) is 229 Å². The van der Waals surface area contributed by atoms with Gasteiger partial charge in [-0.2, -0.15) is 0 Å². The molecular formula is C59H37NO. The molecule has 0 atom stereocenters. The molecular weight excluding hydrogens is 739 g/mol. The van der Waals surface area contributed by atoms with Crippen LogP contribution in [-0.2, 0) is 5.41 Å². The van der Waals surface area contributed by atoms with Gasteiger partial charge in [0, 0.05) is 22.2 Å². The lowest BCUT2D eigenvalue weighted by Crippen LogP contribution is -2.26. The van der Waals surface area contributed by atoms with Gasteiger partial charge in [-0.25, -0.2) is 0 Å². The number of furan rings is 1. The third-order valence-electron chi connectivity index (χ3n) is 13.3. The molecule has 2 heteroatoms. The summed E-state index contributed by atoms with van der Waals surface area (Å²) in [5.74, 6) is 0. The molecule has 11 aromatic rings. The summed E-state index contributed by atoms with van der Waals surface area (Å²) >= 11 is 0. The first-order valence-corrected chi connectivity index (χ1v) is 21.1. The highest BCUT2D eigenvalue weighted by molar-refractivity contribution is 6.22. The summed E-state index contributed by atoms with van der Waals surface area (Å²) in [7, 11) is 0. The second kappa shape index (κ2) is 13.0. The maximum absolute atomic E-state index is 7.07. The van der Waals surface area contributed by atoms with Gasteiger partial charge in [0.2, 0.25) is 0 Å². The van der Waals surface area contributed by atoms with Crippen molar-refractivity contribution in [1.29, 1.82) is 0 Å². The van der Waals surface area contributed by atoms with E-state index in [0.717, 1.165) is 61.3 Å². The molecule has 0 amide bonds. The van der Waals surface area contributed by atoms with Crippen molar-refractivity contribution in [3.63, 3.8) is 0 Å². The molecule has 1 aromatic heterocycles. The van der Waals surface area contributed by atoms with E-state index in [1.54, 1.807) is 0 Å². The van der Waals surface area contributed by atoms with E-state index in [1.807, 2.05) is 0 Å². The number of benzene rings is 10. The number of hydrogen-bond donors (Lipinski definition) is 0. The Morgan fingerprint density at radius 2 is 0.902 bits per heavy atom. The molecule has 61 heavy (non-hydrogen) atoms. The molecule has 10 aromatic carbocycles. The number of rotatable bonds is 5. The number of anilines is 3. The van der Waals surface area contributed by atoms with Crippen LogP contribution in [0.15, 0.2) is 229 Å². The first-order chi connectivity index (χ1) is 30.3. The van der Waals surface area contributed by atoms with Crippen LogP contribution in [0.2, 0.25) is 0 Å². The maximum Gasteiger partial charge on any atom is 0.143 e. The zero-order chi connectivity index (χ0) is 40.1. The smallest absolute Gasteiger partial charge is 0.143 e. The summed E-state index contributed by atoms with van der Waals surface area (Å²) in [5, 5.41) is 4.53. The average molecular weight is 776 g/mol. The van der Waals surface area contributed by atoms with E-state index in [0.29, 0.717) is 0 Å². The fourth-order valence-electron chi connectivity index (χ4n) is 10.8. The summed E-state index contributed by atoms with van der Waals surface area (Å²) in [6.45, 7) is 0. The highest BCUT2D eigenvalue weighted by atomic mass is 16.3. The van der Waals surface area contributed by atoms with Crippen LogP contribution in [0.1, 0.15) is 22.3 Å². The molecule has 0 unspecified atom stereocenters. The molecule has 0 saturated heterocycles. The molecule has 2 aliphatic carbocycles. The Balaban J connectivity index is 1.14. The fourth-order valence-corrected chi connectivity index (χ4v) is 10.8. The first-order valence-electron chi connectivity index (χ1n) is 21.1. The Morgan fingerprint density at radius 1 is 0.361 bits per heavy atom. The van der Waals surface area contributed by atoms with Gasteiger partial charge in [-0.15, -0.1) is 0 Å². The Labute approximate surface area is 354 Å². The standard InChI is InChI=1S/C59H37NO/c1-3-18-38(19-4-1)42-23-12-16-31-53(42)60(54-32-17-33-55-57(54)48-36-40-22-7-8-24-43(40)56(58(48)61-55)39-20-5-2-6-21-39)41-34-35-47-46-27-11-15-30-51(46)59(52(47)37-41)49-28-13-9-25-44(49)45-26-10-14-29-50(45)59/h1-37H. The molecule has 13 rings (SSSR count). The van der Waals surface area contributed by atoms with Crippen molar-refractivity contribution in [1.82, 2.24) is 0 Å². The fraction of sp³-hybridized carbons (Fsp3) is 0.0169. The molecule has 0 saturated carbocycles. The summed E-state index contributed by atoms with van der Waals surface area (Å²) in [4.78, 5) is 2.49. The lowest BCUT2D eigenvalue weighted by Gasteiger charge is -2.33. The van der Waals surface area contributed by atoms with Crippen LogP contribution >= 0.6 is 0 Å². The van der Waals surface area contributed by atoms with Crippen LogP contribution < -0.4 is 4.90 Å². The number of para-hydroxylation sites is 1. The van der Waals surface area contributed by atoms with Gasteiger partial charge >= 0.3 is 0 Å². The van der Waals surface area contributed by atoms with Gasteiger partial charge in [0.1, 0.15) is 11.2 Å². The highest BCUT2D eigenvalue weighted by Crippen LogP contribution is 2.63. The van der Waals surface area contributed by atoms with Crippen LogP contribution in [0.3, 0.4) is 0 Å². The van der Waals surface area contributed by atoms with Gasteiger partial charge < -0.3 is 9.32 Å². The summed E-state index contributed by atoms with van der Waals surface area (Å²) in [5.41, 5.74) is 19.5. The number of hydrogen-bond acceptors (Lipinski definition) is 2. The lowest BCUT2D eigenvalue weighted by molar-refractivity contribution is 0.670. The predicted molar refractivity (Wildman–Crippen MR) is 253 cm³/mol. The topological polar surface area (TPSA) is 16.4 Å². The Bertz CT molecular complexity index is 3480. The van der Waals surface area contributed by atoms with Crippen LogP contribution in [0, 0.1) is 0 Å². The highest BCUT2D eigenvalue weighted by Gasteiger charge is 2.51. The average Bonchev–Trinajstić information content (AvgIpc) is 3.96. The molecule has 0 fully saturated rings. The Kier molecular flexibility index (Phi) is 7.26. The van der Waals surface area contributed by atoms with Crippen molar-refractivity contribution in [2.24, 2.45) is 0 Å². The molecule has 0 bridgehead atoms. The molecule has 2 nitrogen and oxygen atoms in total. The van der Waals surface area contributed by atoms with Crippen LogP contribution in [0.25, 0.3) is 77.2 Å². The molecule has 0 aliphatic heterocycles. The van der Waals surface area contributed by atoms with Crippen molar-refractivity contribution >= 4 is 49.8 Å². The van der Waals surface area contributed by atoms with E-state index in [4.69, 9.17) is 4.42 Å². The van der Waals surface area contributed by atoms with Crippen LogP contribution in [0.4, 0.5) is 17.1 Å². The minimum absolute atomic E-state index is 0.475. The van der Waals surface area contributed by atoms with Gasteiger partial charge in [0.25, 0.3) is 0 Å². The van der Waals surface area contributed by atoms with Gasteiger partial charge in [-0.1, -0.05) is 188 Å². The van der Waals surface area contributed by atoms with E-state index in [1.165, 1.54) is 55.3 Å². The minimum Gasteiger partial charge on any atom is -0.455 e. The summed E-state index contributed by atoms with van der Waals surface area (Å²) in [6, 6.07) is 82.1. The van der Waals surface area contributed by atoms with Crippen molar-refractivity contribution in [2.45, 2.75) is 5.41 Å². The second-order valence-corrected chi connectivity index (χ2v) is 16.3. The van der Waals surface area contributed by atoms with Crippen LogP contribution in [-0.4, -0.2) is 0 Å². The molecule has 0 N–H and O–H groups in total. The van der Waals surface area contributed by atoms with Crippen molar-refractivity contribution in [2.75, 3.05) is 4.90 Å². The van der Waals surface area contributed by atoms with Crippen molar-refractivity contribution < 1.29 is 4.42 Å². The monoisotopic (exact) mass is 775 g/mol. The number of fused-ring (bicyclic) bond motifs is 14. The molecule has 0 radical (unpaired) electrons. The summed E-state index contributed by atoms with van der Waals surface area (Å²) < 4.78 is 7.07. The summed E-state index contributed by atoms with van der Waals surface area (Å²) in [6.07, 6.45) is 0. The SMILES string of the molecule is c1ccc(-c2ccccc2N(c2ccc3c(c2)C2(c4ccccc4-c4ccccc42)c2ccccc2-3)c2cccc3oc4c(-c5ccccc5)c5ccccc5cc4c23)cc1. The lowest BCUT2D eigenvalue weighted by atomic mass is 9.70. The first kappa shape index (κ1) is 34.0. The normalized spacial score (nSPS) is 13.0. The number of nitrogens with zero attached hydrogens (tertiary/aromatic N) is 1. The maximum atomic E-state index is 7.07. The molecule has 1 heterocycles. The van der Waals surface area contributed by atoms with Crippen LogP contribution in [0.5, 0.6) is 0 Å². The van der Waals surface area contributed by atoms with E-state index in [-0.39, 0.29) is 0 Å². The van der Waals surface area contributed by atoms with Gasteiger partial charge in [-0.05, 0) is 103 Å². The van der Waals surface area contributed by atoms with Gasteiger partial charge in [-0.3, -0.25) is 0 Å². The largest absolute Gasteiger partial charge is 0.455 e. The second-order valence-electron chi connectivity index (χ2n) is 16.3. The molecule has 284 valence electrons. The van der Waals surface area contributed by atoms with E-state index < -0.39 is 5.41 Å². The predicted octanol–water partition coefficient (Wildman–Crippen LogP) is 15.9. The molecule has 1 spiro atoms. The zero-order valence-electron chi connectivity index (χ0n) is 33.2. The Hall–Kier alpha value is -7.94. The molecule has 2 aliphatic rings.